The summed E-state index contributed by atoms with van der Waals surface area (Å²) >= 11 is 1.72. The lowest BCUT2D eigenvalue weighted by Gasteiger charge is -2.14. The van der Waals surface area contributed by atoms with Crippen molar-refractivity contribution < 1.29 is 4.42 Å². The van der Waals surface area contributed by atoms with Crippen molar-refractivity contribution in [2.75, 3.05) is 7.05 Å². The highest BCUT2D eigenvalue weighted by molar-refractivity contribution is 7.09. The number of thiazole rings is 1. The fourth-order valence-electron chi connectivity index (χ4n) is 2.41. The largest absolute Gasteiger partial charge is 0.463 e. The molecule has 3 rings (SSSR count). The van der Waals surface area contributed by atoms with E-state index < -0.39 is 0 Å². The van der Waals surface area contributed by atoms with E-state index in [0.29, 0.717) is 0 Å². The van der Waals surface area contributed by atoms with E-state index in [0.717, 1.165) is 42.9 Å². The summed E-state index contributed by atoms with van der Waals surface area (Å²) in [6.45, 7) is 6.81. The van der Waals surface area contributed by atoms with Crippen molar-refractivity contribution in [2.45, 2.75) is 52.4 Å². The summed E-state index contributed by atoms with van der Waals surface area (Å²) in [5, 5.41) is 3.51. The van der Waals surface area contributed by atoms with E-state index in [1.54, 1.807) is 11.3 Å². The maximum Gasteiger partial charge on any atom is 0.120 e. The minimum atomic E-state index is 0.718. The highest BCUT2D eigenvalue weighted by atomic mass is 32.1. The molecule has 1 fully saturated rings. The zero-order valence-electron chi connectivity index (χ0n) is 13.0. The molecule has 4 nitrogen and oxygen atoms in total. The van der Waals surface area contributed by atoms with Gasteiger partial charge in [-0.2, -0.15) is 0 Å². The molecule has 114 valence electrons. The van der Waals surface area contributed by atoms with Crippen LogP contribution < -0.4 is 5.32 Å². The average Bonchev–Trinajstić information content (AvgIpc) is 3.09. The van der Waals surface area contributed by atoms with E-state index in [4.69, 9.17) is 4.42 Å². The van der Waals surface area contributed by atoms with Crippen LogP contribution in [0.3, 0.4) is 0 Å². The molecule has 21 heavy (non-hydrogen) atoms. The van der Waals surface area contributed by atoms with E-state index in [2.05, 4.69) is 42.2 Å². The van der Waals surface area contributed by atoms with Gasteiger partial charge in [0.2, 0.25) is 0 Å². The molecular formula is C16H23N3OS. The SMILES string of the molecule is Cc1cc(CN(C)Cc2scnc2C)oc1CNC1CC1. The van der Waals surface area contributed by atoms with Crippen LogP contribution >= 0.6 is 11.3 Å². The highest BCUT2D eigenvalue weighted by Gasteiger charge is 2.21. The molecular weight excluding hydrogens is 282 g/mol. The zero-order valence-corrected chi connectivity index (χ0v) is 13.8. The summed E-state index contributed by atoms with van der Waals surface area (Å²) in [5.74, 6) is 2.13. The van der Waals surface area contributed by atoms with Crippen LogP contribution in [0.2, 0.25) is 0 Å². The second kappa shape index (κ2) is 6.30. The molecule has 0 radical (unpaired) electrons. The first-order chi connectivity index (χ1) is 10.1. The van der Waals surface area contributed by atoms with Gasteiger partial charge < -0.3 is 9.73 Å². The van der Waals surface area contributed by atoms with Gasteiger partial charge in [-0.3, -0.25) is 4.90 Å². The summed E-state index contributed by atoms with van der Waals surface area (Å²) in [6, 6.07) is 2.88. The van der Waals surface area contributed by atoms with E-state index in [-0.39, 0.29) is 0 Å². The quantitative estimate of drug-likeness (QED) is 0.852. The Morgan fingerprint density at radius 2 is 2.19 bits per heavy atom. The molecule has 2 aromatic heterocycles. The predicted octanol–water partition coefficient (Wildman–Crippen LogP) is 3.24. The lowest BCUT2D eigenvalue weighted by Crippen LogP contribution is -2.17. The predicted molar refractivity (Wildman–Crippen MR) is 85.3 cm³/mol. The summed E-state index contributed by atoms with van der Waals surface area (Å²) < 4.78 is 6.00. The Labute approximate surface area is 130 Å². The van der Waals surface area contributed by atoms with Crippen LogP contribution in [0.1, 0.15) is 40.5 Å². The molecule has 1 aliphatic rings. The summed E-state index contributed by atoms with van der Waals surface area (Å²) in [4.78, 5) is 7.91. The fourth-order valence-corrected chi connectivity index (χ4v) is 3.27. The van der Waals surface area contributed by atoms with E-state index in [1.165, 1.54) is 23.3 Å². The Kier molecular flexibility index (Phi) is 4.42. The van der Waals surface area contributed by atoms with Crippen LogP contribution in [0.4, 0.5) is 0 Å². The third-order valence-electron chi connectivity index (χ3n) is 3.88. The van der Waals surface area contributed by atoms with E-state index >= 15 is 0 Å². The van der Waals surface area contributed by atoms with Gasteiger partial charge in [-0.15, -0.1) is 11.3 Å². The standard InChI is InChI=1S/C16H23N3OS/c1-11-6-14(20-15(11)7-17-13-4-5-13)8-19(3)9-16-12(2)18-10-21-16/h6,10,13,17H,4-5,7-9H2,1-3H3. The molecule has 5 heteroatoms. The number of aromatic nitrogens is 1. The number of furan rings is 1. The highest BCUT2D eigenvalue weighted by Crippen LogP contribution is 2.22. The number of hydrogen-bond acceptors (Lipinski definition) is 5. The molecule has 2 heterocycles. The zero-order chi connectivity index (χ0) is 14.8. The lowest BCUT2D eigenvalue weighted by molar-refractivity contribution is 0.284. The molecule has 0 spiro atoms. The van der Waals surface area contributed by atoms with Crippen LogP contribution in [0.5, 0.6) is 0 Å². The normalized spacial score (nSPS) is 15.0. The molecule has 2 aromatic rings. The van der Waals surface area contributed by atoms with Gasteiger partial charge in [0.25, 0.3) is 0 Å². The molecule has 0 saturated heterocycles. The average molecular weight is 305 g/mol. The third kappa shape index (κ3) is 3.93. The minimum Gasteiger partial charge on any atom is -0.463 e. The first-order valence-electron chi connectivity index (χ1n) is 7.51. The maximum absolute atomic E-state index is 6.00. The smallest absolute Gasteiger partial charge is 0.120 e. The maximum atomic E-state index is 6.00. The van der Waals surface area contributed by atoms with Gasteiger partial charge in [0.1, 0.15) is 11.5 Å². The van der Waals surface area contributed by atoms with Gasteiger partial charge in [-0.25, -0.2) is 4.98 Å². The topological polar surface area (TPSA) is 41.3 Å². The number of nitrogens with one attached hydrogen (secondary N) is 1. The van der Waals surface area contributed by atoms with Gasteiger partial charge >= 0.3 is 0 Å². The fraction of sp³-hybridized carbons (Fsp3) is 0.562. The molecule has 0 aromatic carbocycles. The first kappa shape index (κ1) is 14.8. The van der Waals surface area contributed by atoms with Gasteiger partial charge in [-0.1, -0.05) is 0 Å². The van der Waals surface area contributed by atoms with Gasteiger partial charge in [0.05, 0.1) is 24.3 Å². The number of rotatable bonds is 7. The van der Waals surface area contributed by atoms with Crippen molar-refractivity contribution >= 4 is 11.3 Å². The number of aryl methyl sites for hydroxylation is 2. The van der Waals surface area contributed by atoms with E-state index in [1.807, 2.05) is 5.51 Å². The lowest BCUT2D eigenvalue weighted by atomic mass is 10.2. The van der Waals surface area contributed by atoms with E-state index in [9.17, 15) is 0 Å². The third-order valence-corrected chi connectivity index (χ3v) is 4.80. The first-order valence-corrected chi connectivity index (χ1v) is 8.39. The second-order valence-corrected chi connectivity index (χ2v) is 6.95. The van der Waals surface area contributed by atoms with Gasteiger partial charge in [0, 0.05) is 17.5 Å². The Morgan fingerprint density at radius 3 is 2.86 bits per heavy atom. The molecule has 1 aliphatic carbocycles. The van der Waals surface area contributed by atoms with Crippen LogP contribution in [-0.2, 0) is 19.6 Å². The molecule has 0 amide bonds. The Balaban J connectivity index is 1.56. The Bertz CT molecular complexity index is 600. The van der Waals surface area contributed by atoms with Crippen molar-refractivity contribution in [3.63, 3.8) is 0 Å². The number of hydrogen-bond donors (Lipinski definition) is 1. The summed E-state index contributed by atoms with van der Waals surface area (Å²) in [7, 11) is 2.12. The van der Waals surface area contributed by atoms with Crippen LogP contribution in [0.15, 0.2) is 16.0 Å². The second-order valence-electron chi connectivity index (χ2n) is 6.01. The van der Waals surface area contributed by atoms with Crippen molar-refractivity contribution in [1.82, 2.24) is 15.2 Å². The van der Waals surface area contributed by atoms with Gasteiger partial charge in [0.15, 0.2) is 0 Å². The molecule has 1 N–H and O–H groups in total. The summed E-state index contributed by atoms with van der Waals surface area (Å²) in [5.41, 5.74) is 4.30. The Hall–Kier alpha value is -1.17. The van der Waals surface area contributed by atoms with Crippen molar-refractivity contribution in [1.29, 1.82) is 0 Å². The molecule has 0 bridgehead atoms. The van der Waals surface area contributed by atoms with Crippen molar-refractivity contribution in [2.24, 2.45) is 0 Å². The minimum absolute atomic E-state index is 0.718. The number of nitrogens with zero attached hydrogens (tertiary/aromatic N) is 2. The van der Waals surface area contributed by atoms with Crippen LogP contribution in [-0.4, -0.2) is 23.0 Å². The molecule has 0 aliphatic heterocycles. The van der Waals surface area contributed by atoms with Crippen LogP contribution in [0.25, 0.3) is 0 Å². The monoisotopic (exact) mass is 305 g/mol. The summed E-state index contributed by atoms with van der Waals surface area (Å²) in [6.07, 6.45) is 2.62. The molecule has 0 unspecified atom stereocenters. The molecule has 0 atom stereocenters. The Morgan fingerprint density at radius 1 is 1.38 bits per heavy atom. The molecule has 1 saturated carbocycles. The van der Waals surface area contributed by atoms with Crippen LogP contribution in [0, 0.1) is 13.8 Å². The van der Waals surface area contributed by atoms with Crippen molar-refractivity contribution in [3.05, 3.63) is 39.2 Å². The van der Waals surface area contributed by atoms with Gasteiger partial charge in [-0.05, 0) is 45.4 Å². The van der Waals surface area contributed by atoms with Crippen molar-refractivity contribution in [3.8, 4) is 0 Å².